The van der Waals surface area contributed by atoms with Crippen LogP contribution < -0.4 is 4.74 Å². The fourth-order valence-corrected chi connectivity index (χ4v) is 8.09. The van der Waals surface area contributed by atoms with Gasteiger partial charge in [-0.1, -0.05) is 38.0 Å². The van der Waals surface area contributed by atoms with E-state index in [1.807, 2.05) is 42.2 Å². The largest absolute Gasteiger partial charge is 0.504 e. The molecule has 2 aromatic rings. The third kappa shape index (κ3) is 3.82. The fraction of sp³-hybridized carbons (Fsp3) is 0.500. The van der Waals surface area contributed by atoms with Crippen molar-refractivity contribution in [2.75, 3.05) is 19.6 Å². The summed E-state index contributed by atoms with van der Waals surface area (Å²) in [6.07, 6.45) is 3.99. The van der Waals surface area contributed by atoms with E-state index in [9.17, 15) is 15.0 Å². The van der Waals surface area contributed by atoms with Crippen molar-refractivity contribution in [1.82, 2.24) is 9.80 Å². The van der Waals surface area contributed by atoms with Crippen LogP contribution in [0.3, 0.4) is 0 Å². The molecular formula is C34H40N2O4. The van der Waals surface area contributed by atoms with Crippen molar-refractivity contribution >= 4 is 5.91 Å². The van der Waals surface area contributed by atoms with Crippen molar-refractivity contribution in [2.24, 2.45) is 5.92 Å². The van der Waals surface area contributed by atoms with Gasteiger partial charge in [0.2, 0.25) is 0 Å². The van der Waals surface area contributed by atoms with Crippen LogP contribution in [0, 0.1) is 31.6 Å². The van der Waals surface area contributed by atoms with Gasteiger partial charge in [-0.3, -0.25) is 9.69 Å². The van der Waals surface area contributed by atoms with E-state index in [2.05, 4.69) is 44.1 Å². The maximum Gasteiger partial charge on any atom is 0.299 e. The second-order valence-electron chi connectivity index (χ2n) is 12.6. The van der Waals surface area contributed by atoms with Crippen LogP contribution in [0.15, 0.2) is 43.0 Å². The van der Waals surface area contributed by atoms with Gasteiger partial charge in [-0.25, -0.2) is 0 Å². The van der Waals surface area contributed by atoms with Crippen LogP contribution in [0.1, 0.15) is 60.9 Å². The van der Waals surface area contributed by atoms with Crippen molar-refractivity contribution < 1.29 is 19.7 Å². The van der Waals surface area contributed by atoms with Crippen molar-refractivity contribution in [2.45, 2.75) is 82.6 Å². The summed E-state index contributed by atoms with van der Waals surface area (Å²) in [6.45, 7) is 14.3. The van der Waals surface area contributed by atoms with Crippen LogP contribution in [0.5, 0.6) is 11.5 Å². The second-order valence-corrected chi connectivity index (χ2v) is 12.6. The summed E-state index contributed by atoms with van der Waals surface area (Å²) < 4.78 is 6.70. The highest BCUT2D eigenvalue weighted by molar-refractivity contribution is 5.94. The Hall–Kier alpha value is -3.27. The van der Waals surface area contributed by atoms with Gasteiger partial charge in [-0.05, 0) is 86.9 Å². The van der Waals surface area contributed by atoms with Gasteiger partial charge < -0.3 is 19.8 Å². The number of rotatable bonds is 5. The van der Waals surface area contributed by atoms with Gasteiger partial charge in [-0.2, -0.15) is 0 Å². The molecule has 2 fully saturated rings. The number of aromatic hydroxyl groups is 1. The van der Waals surface area contributed by atoms with Gasteiger partial charge in [0, 0.05) is 36.2 Å². The third-order valence-electron chi connectivity index (χ3n) is 9.95. The van der Waals surface area contributed by atoms with Crippen LogP contribution in [0.2, 0.25) is 0 Å². The highest BCUT2D eigenvalue weighted by atomic mass is 16.5. The van der Waals surface area contributed by atoms with Crippen molar-refractivity contribution in [3.05, 3.63) is 70.8 Å². The van der Waals surface area contributed by atoms with Crippen LogP contribution in [-0.4, -0.2) is 69.3 Å². The molecule has 0 unspecified atom stereocenters. The first kappa shape index (κ1) is 26.9. The Balaban J connectivity index is 1.42. The summed E-state index contributed by atoms with van der Waals surface area (Å²) >= 11 is 0. The SMILES string of the molecule is C=CCN1CC[C@]23c4c5ccc(O)c4O[C@H]2[C@H](N(CC(C)C)C(=O)C#Cc2ccc(C)c(C)c2)CC[C@@]3(O)[C@H]1C5. The number of phenols is 1. The summed E-state index contributed by atoms with van der Waals surface area (Å²) in [5.41, 5.74) is 3.51. The summed E-state index contributed by atoms with van der Waals surface area (Å²) in [7, 11) is 0. The smallest absolute Gasteiger partial charge is 0.299 e. The molecule has 40 heavy (non-hydrogen) atoms. The van der Waals surface area contributed by atoms with Gasteiger partial charge in [0.05, 0.1) is 17.1 Å². The zero-order valence-corrected chi connectivity index (χ0v) is 24.0. The minimum absolute atomic E-state index is 0.0758. The molecule has 2 N–H and O–H groups in total. The average molecular weight is 541 g/mol. The molecule has 1 saturated heterocycles. The molecule has 6 rings (SSSR count). The van der Waals surface area contributed by atoms with Gasteiger partial charge in [-0.15, -0.1) is 6.58 Å². The van der Waals surface area contributed by atoms with Gasteiger partial charge in [0.25, 0.3) is 5.91 Å². The lowest BCUT2D eigenvalue weighted by Crippen LogP contribution is -2.78. The number of carbonyl (C=O) groups is 1. The molecule has 4 aliphatic rings. The lowest BCUT2D eigenvalue weighted by Gasteiger charge is -2.64. The first-order valence-electron chi connectivity index (χ1n) is 14.6. The Labute approximate surface area is 237 Å². The number of carbonyl (C=O) groups excluding carboxylic acids is 1. The minimum atomic E-state index is -1.03. The Morgan fingerprint density at radius 3 is 2.77 bits per heavy atom. The lowest BCUT2D eigenvalue weighted by atomic mass is 9.48. The fourth-order valence-electron chi connectivity index (χ4n) is 8.09. The molecule has 0 aromatic heterocycles. The Morgan fingerprint density at radius 2 is 2.05 bits per heavy atom. The standard InChI is InChI=1S/C34H40N2O4/c1-6-16-35-17-15-33-30-25-10-11-27(37)31(30)40-32(33)26(13-14-34(33,39)28(35)19-25)36(20-21(2)3)29(38)12-9-24-8-7-22(4)23(5)18-24/h6-8,10-11,18,21,26,28,32,37,39H,1,13-17,19-20H2,2-5H3/t26-,28-,32+,33+,34-/m1/s1. The van der Waals surface area contributed by atoms with Gasteiger partial charge in [0.1, 0.15) is 6.10 Å². The number of hydrogen-bond donors (Lipinski definition) is 2. The molecule has 6 nitrogen and oxygen atoms in total. The molecule has 2 aliphatic heterocycles. The monoisotopic (exact) mass is 540 g/mol. The van der Waals surface area contributed by atoms with Crippen molar-refractivity contribution in [1.29, 1.82) is 0 Å². The summed E-state index contributed by atoms with van der Waals surface area (Å²) in [4.78, 5) is 18.1. The Morgan fingerprint density at radius 1 is 1.25 bits per heavy atom. The summed E-state index contributed by atoms with van der Waals surface area (Å²) in [6, 6.07) is 9.35. The number of phenolic OH excluding ortho intramolecular Hbond substituents is 1. The van der Waals surface area contributed by atoms with Crippen LogP contribution in [0.25, 0.3) is 0 Å². The predicted octanol–water partition coefficient (Wildman–Crippen LogP) is 4.25. The normalized spacial score (nSPS) is 29.7. The molecule has 1 saturated carbocycles. The van der Waals surface area contributed by atoms with Gasteiger partial charge in [0.15, 0.2) is 11.5 Å². The number of aryl methyl sites for hydroxylation is 2. The molecular weight excluding hydrogens is 500 g/mol. The maximum absolute atomic E-state index is 13.8. The van der Waals surface area contributed by atoms with Crippen LogP contribution in [-0.2, 0) is 16.6 Å². The van der Waals surface area contributed by atoms with E-state index in [4.69, 9.17) is 4.74 Å². The van der Waals surface area contributed by atoms with Crippen LogP contribution >= 0.6 is 0 Å². The first-order valence-corrected chi connectivity index (χ1v) is 14.6. The predicted molar refractivity (Wildman–Crippen MR) is 155 cm³/mol. The number of likely N-dealkylation sites (tertiary alicyclic amines) is 1. The van der Waals surface area contributed by atoms with Crippen molar-refractivity contribution in [3.8, 4) is 23.3 Å². The molecule has 2 heterocycles. The number of nitrogens with zero attached hydrogens (tertiary/aromatic N) is 2. The molecule has 2 aliphatic carbocycles. The number of amides is 1. The summed E-state index contributed by atoms with van der Waals surface area (Å²) in [5, 5.41) is 23.6. The molecule has 2 bridgehead atoms. The molecule has 1 amide bonds. The topological polar surface area (TPSA) is 73.2 Å². The summed E-state index contributed by atoms with van der Waals surface area (Å²) in [5.74, 6) is 6.63. The number of benzene rings is 2. The van der Waals surface area contributed by atoms with E-state index in [0.29, 0.717) is 44.5 Å². The Bertz CT molecular complexity index is 1440. The number of aliphatic hydroxyl groups is 1. The molecule has 0 radical (unpaired) electrons. The average Bonchev–Trinajstić information content (AvgIpc) is 3.27. The highest BCUT2D eigenvalue weighted by Crippen LogP contribution is 2.65. The second kappa shape index (κ2) is 9.68. The molecule has 5 atom stereocenters. The van der Waals surface area contributed by atoms with E-state index in [1.54, 1.807) is 6.07 Å². The van der Waals surface area contributed by atoms with E-state index >= 15 is 0 Å². The quantitative estimate of drug-likeness (QED) is 0.438. The van der Waals surface area contributed by atoms with E-state index in [0.717, 1.165) is 28.8 Å². The molecule has 210 valence electrons. The number of piperidine rings is 1. The van der Waals surface area contributed by atoms with Crippen LogP contribution in [0.4, 0.5) is 0 Å². The molecule has 1 spiro atoms. The highest BCUT2D eigenvalue weighted by Gasteiger charge is 2.73. The van der Waals surface area contributed by atoms with E-state index in [-0.39, 0.29) is 29.7 Å². The molecule has 6 heteroatoms. The lowest BCUT2D eigenvalue weighted by molar-refractivity contribution is -0.199. The van der Waals surface area contributed by atoms with Gasteiger partial charge >= 0.3 is 0 Å². The van der Waals surface area contributed by atoms with E-state index < -0.39 is 17.1 Å². The minimum Gasteiger partial charge on any atom is -0.504 e. The zero-order chi connectivity index (χ0) is 28.4. The first-order chi connectivity index (χ1) is 19.1. The third-order valence-corrected chi connectivity index (χ3v) is 9.95. The van der Waals surface area contributed by atoms with E-state index in [1.165, 1.54) is 5.56 Å². The number of hydrogen-bond acceptors (Lipinski definition) is 5. The zero-order valence-electron chi connectivity index (χ0n) is 24.0. The Kier molecular flexibility index (Phi) is 6.52. The molecule has 2 aromatic carbocycles. The number of ether oxygens (including phenoxy) is 1. The van der Waals surface area contributed by atoms with Crippen molar-refractivity contribution in [3.63, 3.8) is 0 Å². The maximum atomic E-state index is 13.8.